The smallest absolute Gasteiger partial charge is 0.335 e. The lowest BCUT2D eigenvalue weighted by Crippen LogP contribution is -2.11. The standard InChI is InChI=1S/C18H13ClN2O4/c1-9(22)20-15-13-6-5-12(19)8-14(13)21-16(15)17(23)10-3-2-4-11(7-10)18(24)25/h2-8,21H,1H3,(H,20,22)(H,24,25). The van der Waals surface area contributed by atoms with Crippen molar-refractivity contribution in [3.05, 3.63) is 64.3 Å². The van der Waals surface area contributed by atoms with Crippen LogP contribution in [-0.2, 0) is 4.79 Å². The van der Waals surface area contributed by atoms with Crippen LogP contribution in [0.4, 0.5) is 5.69 Å². The van der Waals surface area contributed by atoms with Crippen molar-refractivity contribution >= 4 is 45.9 Å². The zero-order valence-electron chi connectivity index (χ0n) is 13.1. The first-order valence-electron chi connectivity index (χ1n) is 7.33. The Morgan fingerprint density at radius 2 is 1.80 bits per heavy atom. The molecule has 0 radical (unpaired) electrons. The largest absolute Gasteiger partial charge is 0.478 e. The Morgan fingerprint density at radius 1 is 1.08 bits per heavy atom. The molecule has 0 unspecified atom stereocenters. The van der Waals surface area contributed by atoms with Crippen LogP contribution in [0.2, 0.25) is 5.02 Å². The van der Waals surface area contributed by atoms with E-state index in [-0.39, 0.29) is 22.7 Å². The molecule has 25 heavy (non-hydrogen) atoms. The molecule has 2 aromatic carbocycles. The average Bonchev–Trinajstić information content (AvgIpc) is 2.91. The second-order valence-electron chi connectivity index (χ2n) is 5.46. The number of amides is 1. The first kappa shape index (κ1) is 16.7. The van der Waals surface area contributed by atoms with E-state index in [0.717, 1.165) is 0 Å². The number of hydrogen-bond acceptors (Lipinski definition) is 3. The van der Waals surface area contributed by atoms with Gasteiger partial charge >= 0.3 is 5.97 Å². The molecule has 1 amide bonds. The summed E-state index contributed by atoms with van der Waals surface area (Å²) in [5, 5.41) is 12.9. The summed E-state index contributed by atoms with van der Waals surface area (Å²) in [6.45, 7) is 1.34. The van der Waals surface area contributed by atoms with Crippen molar-refractivity contribution in [2.24, 2.45) is 0 Å². The number of benzene rings is 2. The number of anilines is 1. The monoisotopic (exact) mass is 356 g/mol. The Hall–Kier alpha value is -3.12. The molecule has 126 valence electrons. The summed E-state index contributed by atoms with van der Waals surface area (Å²) >= 11 is 5.98. The first-order chi connectivity index (χ1) is 11.9. The Bertz CT molecular complexity index is 1020. The molecule has 0 spiro atoms. The molecule has 1 heterocycles. The number of carboxylic acid groups (broad SMARTS) is 1. The van der Waals surface area contributed by atoms with Gasteiger partial charge in [0, 0.05) is 28.4 Å². The topological polar surface area (TPSA) is 99.3 Å². The van der Waals surface area contributed by atoms with Gasteiger partial charge in [0.25, 0.3) is 0 Å². The Balaban J connectivity index is 2.16. The van der Waals surface area contributed by atoms with Gasteiger partial charge in [-0.25, -0.2) is 4.79 Å². The van der Waals surface area contributed by atoms with E-state index in [1.54, 1.807) is 18.2 Å². The SMILES string of the molecule is CC(=O)Nc1c(C(=O)c2cccc(C(=O)O)c2)[nH]c2cc(Cl)ccc12. The number of hydrogen-bond donors (Lipinski definition) is 3. The second kappa shape index (κ2) is 6.41. The predicted octanol–water partition coefficient (Wildman–Crippen LogP) is 3.71. The number of carboxylic acids is 1. The van der Waals surface area contributed by atoms with Crippen LogP contribution in [-0.4, -0.2) is 27.8 Å². The number of carbonyl (C=O) groups is 3. The van der Waals surface area contributed by atoms with E-state index in [9.17, 15) is 14.4 Å². The van der Waals surface area contributed by atoms with E-state index in [1.165, 1.54) is 31.2 Å². The third kappa shape index (κ3) is 3.25. The lowest BCUT2D eigenvalue weighted by Gasteiger charge is -2.05. The van der Waals surface area contributed by atoms with Gasteiger partial charge in [-0.05, 0) is 30.3 Å². The van der Waals surface area contributed by atoms with Gasteiger partial charge in [0.1, 0.15) is 5.69 Å². The number of ketones is 1. The highest BCUT2D eigenvalue weighted by molar-refractivity contribution is 6.31. The van der Waals surface area contributed by atoms with Crippen molar-refractivity contribution in [2.45, 2.75) is 6.92 Å². The maximum absolute atomic E-state index is 12.9. The quantitative estimate of drug-likeness (QED) is 0.620. The fourth-order valence-electron chi connectivity index (χ4n) is 2.58. The summed E-state index contributed by atoms with van der Waals surface area (Å²) in [4.78, 5) is 38.5. The third-order valence-corrected chi connectivity index (χ3v) is 3.90. The van der Waals surface area contributed by atoms with Crippen molar-refractivity contribution in [3.8, 4) is 0 Å². The van der Waals surface area contributed by atoms with Crippen LogP contribution in [0.15, 0.2) is 42.5 Å². The third-order valence-electron chi connectivity index (χ3n) is 3.66. The van der Waals surface area contributed by atoms with E-state index < -0.39 is 11.8 Å². The molecule has 0 aliphatic carbocycles. The minimum atomic E-state index is -1.12. The Morgan fingerprint density at radius 3 is 2.48 bits per heavy atom. The fraction of sp³-hybridized carbons (Fsp3) is 0.0556. The molecule has 0 atom stereocenters. The molecule has 0 aliphatic rings. The molecule has 0 saturated heterocycles. The molecular weight excluding hydrogens is 344 g/mol. The van der Waals surface area contributed by atoms with Gasteiger partial charge in [0.15, 0.2) is 0 Å². The van der Waals surface area contributed by atoms with Crippen molar-refractivity contribution in [3.63, 3.8) is 0 Å². The zero-order chi connectivity index (χ0) is 18.1. The van der Waals surface area contributed by atoms with Gasteiger partial charge < -0.3 is 15.4 Å². The molecule has 0 fully saturated rings. The van der Waals surface area contributed by atoms with Crippen LogP contribution in [0, 0.1) is 0 Å². The summed E-state index contributed by atoms with van der Waals surface area (Å²) in [5.41, 5.74) is 1.30. The summed E-state index contributed by atoms with van der Waals surface area (Å²) < 4.78 is 0. The number of H-pyrrole nitrogens is 1. The van der Waals surface area contributed by atoms with E-state index in [2.05, 4.69) is 10.3 Å². The predicted molar refractivity (Wildman–Crippen MR) is 94.4 cm³/mol. The van der Waals surface area contributed by atoms with Gasteiger partial charge in [-0.1, -0.05) is 23.7 Å². The molecule has 0 bridgehead atoms. The lowest BCUT2D eigenvalue weighted by atomic mass is 10.0. The molecule has 0 saturated carbocycles. The molecule has 1 aromatic heterocycles. The highest BCUT2D eigenvalue weighted by atomic mass is 35.5. The van der Waals surface area contributed by atoms with E-state index >= 15 is 0 Å². The van der Waals surface area contributed by atoms with Crippen LogP contribution in [0.5, 0.6) is 0 Å². The van der Waals surface area contributed by atoms with Crippen LogP contribution in [0.1, 0.15) is 33.3 Å². The number of carbonyl (C=O) groups excluding carboxylic acids is 2. The highest BCUT2D eigenvalue weighted by Crippen LogP contribution is 2.31. The normalized spacial score (nSPS) is 10.6. The Kier molecular flexibility index (Phi) is 4.29. The van der Waals surface area contributed by atoms with Crippen LogP contribution >= 0.6 is 11.6 Å². The summed E-state index contributed by atoms with van der Waals surface area (Å²) in [7, 11) is 0. The van der Waals surface area contributed by atoms with Gasteiger partial charge in [0.05, 0.1) is 11.3 Å². The fourth-order valence-corrected chi connectivity index (χ4v) is 2.76. The maximum atomic E-state index is 12.9. The maximum Gasteiger partial charge on any atom is 0.335 e. The number of nitrogens with one attached hydrogen (secondary N) is 2. The number of halogens is 1. The molecule has 0 aliphatic heterocycles. The molecule has 3 rings (SSSR count). The summed E-state index contributed by atoms with van der Waals surface area (Å²) in [6, 6.07) is 10.7. The lowest BCUT2D eigenvalue weighted by molar-refractivity contribution is -0.114. The highest BCUT2D eigenvalue weighted by Gasteiger charge is 2.21. The van der Waals surface area contributed by atoms with Crippen LogP contribution < -0.4 is 5.32 Å². The minimum Gasteiger partial charge on any atom is -0.478 e. The van der Waals surface area contributed by atoms with E-state index in [4.69, 9.17) is 16.7 Å². The Labute approximate surface area is 147 Å². The molecule has 7 heteroatoms. The van der Waals surface area contributed by atoms with Crippen molar-refractivity contribution < 1.29 is 19.5 Å². The number of fused-ring (bicyclic) bond motifs is 1. The second-order valence-corrected chi connectivity index (χ2v) is 5.90. The molecule has 3 aromatic rings. The number of aromatic amines is 1. The summed E-state index contributed by atoms with van der Waals surface area (Å²) in [6.07, 6.45) is 0. The van der Waals surface area contributed by atoms with Crippen LogP contribution in [0.25, 0.3) is 10.9 Å². The van der Waals surface area contributed by atoms with E-state index in [1.807, 2.05) is 0 Å². The van der Waals surface area contributed by atoms with Gasteiger partial charge in [-0.2, -0.15) is 0 Å². The van der Waals surface area contributed by atoms with Gasteiger partial charge in [-0.15, -0.1) is 0 Å². The first-order valence-corrected chi connectivity index (χ1v) is 7.71. The number of aromatic carboxylic acids is 1. The van der Waals surface area contributed by atoms with Gasteiger partial charge in [-0.3, -0.25) is 9.59 Å². The number of rotatable bonds is 4. The average molecular weight is 357 g/mol. The molecule has 6 nitrogen and oxygen atoms in total. The van der Waals surface area contributed by atoms with Crippen molar-refractivity contribution in [1.82, 2.24) is 4.98 Å². The van der Waals surface area contributed by atoms with E-state index in [0.29, 0.717) is 21.6 Å². The van der Waals surface area contributed by atoms with Crippen LogP contribution in [0.3, 0.4) is 0 Å². The molecular formula is C18H13ClN2O4. The zero-order valence-corrected chi connectivity index (χ0v) is 13.8. The van der Waals surface area contributed by atoms with Crippen molar-refractivity contribution in [2.75, 3.05) is 5.32 Å². The van der Waals surface area contributed by atoms with Crippen molar-refractivity contribution in [1.29, 1.82) is 0 Å². The van der Waals surface area contributed by atoms with Gasteiger partial charge in [0.2, 0.25) is 11.7 Å². The number of aromatic nitrogens is 1. The summed E-state index contributed by atoms with van der Waals surface area (Å²) in [5.74, 6) is -1.89. The molecule has 3 N–H and O–H groups in total. The minimum absolute atomic E-state index is 0.00563.